The van der Waals surface area contributed by atoms with Crippen molar-refractivity contribution in [3.63, 3.8) is 0 Å². The number of hydrogen-bond acceptors (Lipinski definition) is 0. The van der Waals surface area contributed by atoms with Crippen molar-refractivity contribution in [2.45, 2.75) is 6.18 Å². The van der Waals surface area contributed by atoms with Crippen LogP contribution in [0.2, 0.25) is 0 Å². The smallest absolute Gasteiger partial charge is 0.166 e. The van der Waals surface area contributed by atoms with Gasteiger partial charge in [0.15, 0.2) is 0 Å². The second-order valence-electron chi connectivity index (χ2n) is 2.12. The largest absolute Gasteiger partial charge is 0.417 e. The van der Waals surface area contributed by atoms with Gasteiger partial charge in [0.2, 0.25) is 0 Å². The van der Waals surface area contributed by atoms with Gasteiger partial charge in [0.1, 0.15) is 0 Å². The first-order chi connectivity index (χ1) is 5.54. The molecule has 12 heavy (non-hydrogen) atoms. The Balaban J connectivity index is 3.13. The highest BCUT2D eigenvalue weighted by molar-refractivity contribution is 5.34. The maximum atomic E-state index is 12.0. The Labute approximate surface area is 68.0 Å². The van der Waals surface area contributed by atoms with E-state index in [0.29, 0.717) is 0 Å². The average molecular weight is 169 g/mol. The van der Waals surface area contributed by atoms with Crippen molar-refractivity contribution in [1.29, 1.82) is 0 Å². The molecule has 61 valence electrons. The Morgan fingerprint density at radius 2 is 2.00 bits per heavy atom. The van der Waals surface area contributed by atoms with Crippen molar-refractivity contribution in [3.8, 4) is 12.3 Å². The van der Waals surface area contributed by atoms with Crippen LogP contribution >= 0.6 is 0 Å². The lowest BCUT2D eigenvalue weighted by Crippen LogP contribution is -2.04. The highest BCUT2D eigenvalue weighted by Crippen LogP contribution is 2.28. The molecular formula is C9H4F3. The summed E-state index contributed by atoms with van der Waals surface area (Å²) < 4.78 is 36.0. The van der Waals surface area contributed by atoms with E-state index in [0.717, 1.165) is 6.07 Å². The molecule has 0 amide bonds. The van der Waals surface area contributed by atoms with E-state index in [1.165, 1.54) is 12.1 Å². The van der Waals surface area contributed by atoms with Gasteiger partial charge in [-0.05, 0) is 12.1 Å². The highest BCUT2D eigenvalue weighted by Gasteiger charge is 2.30. The van der Waals surface area contributed by atoms with Crippen LogP contribution < -0.4 is 0 Å². The molecule has 1 aromatic carbocycles. The first kappa shape index (κ1) is 8.66. The van der Waals surface area contributed by atoms with Gasteiger partial charge in [-0.15, -0.1) is 6.42 Å². The van der Waals surface area contributed by atoms with Gasteiger partial charge in [0.05, 0.1) is 5.56 Å². The molecule has 0 spiro atoms. The summed E-state index contributed by atoms with van der Waals surface area (Å²) in [6.45, 7) is 0. The van der Waals surface area contributed by atoms with E-state index in [1.54, 1.807) is 0 Å². The van der Waals surface area contributed by atoms with Crippen LogP contribution in [0, 0.1) is 18.4 Å². The molecule has 0 heterocycles. The Morgan fingerprint density at radius 3 is 2.50 bits per heavy atom. The van der Waals surface area contributed by atoms with E-state index in [4.69, 9.17) is 6.42 Å². The van der Waals surface area contributed by atoms with E-state index in [1.807, 2.05) is 0 Å². The van der Waals surface area contributed by atoms with Crippen LogP contribution in [0.5, 0.6) is 0 Å². The third-order valence-electron chi connectivity index (χ3n) is 1.26. The van der Waals surface area contributed by atoms with Gasteiger partial charge < -0.3 is 0 Å². The zero-order valence-corrected chi connectivity index (χ0v) is 5.94. The number of rotatable bonds is 0. The van der Waals surface area contributed by atoms with Crippen LogP contribution in [0.25, 0.3) is 0 Å². The van der Waals surface area contributed by atoms with Crippen molar-refractivity contribution in [2.24, 2.45) is 0 Å². The van der Waals surface area contributed by atoms with Crippen LogP contribution in [0.3, 0.4) is 0 Å². The first-order valence-corrected chi connectivity index (χ1v) is 3.10. The molecule has 0 atom stereocenters. The normalized spacial score (nSPS) is 10.8. The molecule has 0 bridgehead atoms. The minimum absolute atomic E-state index is 0.116. The van der Waals surface area contributed by atoms with Crippen LogP contribution in [-0.4, -0.2) is 0 Å². The minimum atomic E-state index is -4.37. The van der Waals surface area contributed by atoms with Crippen molar-refractivity contribution in [1.82, 2.24) is 0 Å². The summed E-state index contributed by atoms with van der Waals surface area (Å²) in [6, 6.07) is 5.66. The second-order valence-corrected chi connectivity index (χ2v) is 2.12. The molecule has 0 saturated carbocycles. The molecule has 0 unspecified atom stereocenters. The lowest BCUT2D eigenvalue weighted by molar-refractivity contribution is -0.137. The Kier molecular flexibility index (Phi) is 2.09. The number of terminal acetylenes is 1. The molecule has 0 N–H and O–H groups in total. The van der Waals surface area contributed by atoms with Gasteiger partial charge in [-0.25, -0.2) is 0 Å². The summed E-state index contributed by atoms with van der Waals surface area (Å²) in [5, 5.41) is 0. The van der Waals surface area contributed by atoms with Crippen molar-refractivity contribution in [2.75, 3.05) is 0 Å². The van der Waals surface area contributed by atoms with E-state index >= 15 is 0 Å². The predicted octanol–water partition coefficient (Wildman–Crippen LogP) is 2.49. The summed E-state index contributed by atoms with van der Waals surface area (Å²) in [4.78, 5) is 0. The second kappa shape index (κ2) is 2.90. The fourth-order valence-corrected chi connectivity index (χ4v) is 0.719. The third-order valence-corrected chi connectivity index (χ3v) is 1.26. The molecule has 0 aliphatic carbocycles. The monoisotopic (exact) mass is 169 g/mol. The molecule has 0 nitrogen and oxygen atoms in total. The van der Waals surface area contributed by atoms with E-state index in [-0.39, 0.29) is 5.56 Å². The number of hydrogen-bond donors (Lipinski definition) is 0. The van der Waals surface area contributed by atoms with Gasteiger partial charge >= 0.3 is 6.18 Å². The van der Waals surface area contributed by atoms with E-state index < -0.39 is 11.7 Å². The topological polar surface area (TPSA) is 0 Å². The van der Waals surface area contributed by atoms with E-state index in [2.05, 4.69) is 12.0 Å². The fraction of sp³-hybridized carbons (Fsp3) is 0.111. The average Bonchev–Trinajstić information content (AvgIpc) is 2.03. The zero-order valence-electron chi connectivity index (χ0n) is 5.94. The number of benzene rings is 1. The van der Waals surface area contributed by atoms with Crippen LogP contribution in [-0.2, 0) is 6.18 Å². The number of halogens is 3. The quantitative estimate of drug-likeness (QED) is 0.523. The summed E-state index contributed by atoms with van der Waals surface area (Å²) in [5.74, 6) is 2.08. The van der Waals surface area contributed by atoms with Crippen molar-refractivity contribution < 1.29 is 13.2 Å². The maximum absolute atomic E-state index is 12.0. The standard InChI is InChI=1S/C9H4F3/c1-2-7-4-3-5-8(6-7)9(10,11)12/h1,3-5H. The molecule has 0 aliphatic rings. The molecule has 0 aliphatic heterocycles. The Bertz CT molecular complexity index is 317. The summed E-state index contributed by atoms with van der Waals surface area (Å²) in [7, 11) is 0. The number of alkyl halides is 3. The lowest BCUT2D eigenvalue weighted by Gasteiger charge is -2.04. The molecule has 0 aromatic heterocycles. The molecule has 0 fully saturated rings. The molecule has 1 aromatic rings. The van der Waals surface area contributed by atoms with Gasteiger partial charge in [-0.1, -0.05) is 12.0 Å². The van der Waals surface area contributed by atoms with Crippen molar-refractivity contribution >= 4 is 0 Å². The van der Waals surface area contributed by atoms with Crippen LogP contribution in [0.1, 0.15) is 11.1 Å². The highest BCUT2D eigenvalue weighted by atomic mass is 19.4. The van der Waals surface area contributed by atoms with Crippen LogP contribution in [0.4, 0.5) is 13.2 Å². The predicted molar refractivity (Wildman–Crippen MR) is 38.2 cm³/mol. The zero-order chi connectivity index (χ0) is 9.19. The lowest BCUT2D eigenvalue weighted by atomic mass is 10.1. The Morgan fingerprint density at radius 1 is 1.33 bits per heavy atom. The third kappa shape index (κ3) is 1.79. The van der Waals surface area contributed by atoms with Crippen molar-refractivity contribution in [3.05, 3.63) is 35.4 Å². The molecule has 1 radical (unpaired) electrons. The summed E-state index contributed by atoms with van der Waals surface area (Å²) in [6.07, 6.45) is 0.545. The molecule has 0 saturated heterocycles. The van der Waals surface area contributed by atoms with Gasteiger partial charge in [0, 0.05) is 11.6 Å². The summed E-state index contributed by atoms with van der Waals surface area (Å²) >= 11 is 0. The minimum Gasteiger partial charge on any atom is -0.166 e. The maximum Gasteiger partial charge on any atom is 0.417 e. The molecular weight excluding hydrogens is 165 g/mol. The van der Waals surface area contributed by atoms with E-state index in [9.17, 15) is 13.2 Å². The fourth-order valence-electron chi connectivity index (χ4n) is 0.719. The first-order valence-electron chi connectivity index (χ1n) is 3.10. The molecule has 3 heteroatoms. The van der Waals surface area contributed by atoms with Gasteiger partial charge in [0.25, 0.3) is 0 Å². The Hall–Kier alpha value is -1.43. The van der Waals surface area contributed by atoms with Gasteiger partial charge in [-0.2, -0.15) is 13.2 Å². The molecule has 1 rings (SSSR count). The van der Waals surface area contributed by atoms with Crippen LogP contribution in [0.15, 0.2) is 18.2 Å². The van der Waals surface area contributed by atoms with Gasteiger partial charge in [-0.3, -0.25) is 0 Å². The summed E-state index contributed by atoms with van der Waals surface area (Å²) in [5.41, 5.74) is -0.720. The SMILES string of the molecule is C#Cc1[c]c(C(F)(F)F)ccc1.